The van der Waals surface area contributed by atoms with Gasteiger partial charge in [0.1, 0.15) is 5.69 Å². The van der Waals surface area contributed by atoms with E-state index in [9.17, 15) is 10.1 Å². The minimum absolute atomic E-state index is 0.0325. The van der Waals surface area contributed by atoms with Crippen LogP contribution in [0.25, 0.3) is 0 Å². The summed E-state index contributed by atoms with van der Waals surface area (Å²) < 4.78 is 0.709. The van der Waals surface area contributed by atoms with Crippen LogP contribution in [-0.4, -0.2) is 4.92 Å². The Hall–Kier alpha value is -1.59. The number of para-hydroxylation sites is 2. The van der Waals surface area contributed by atoms with E-state index in [4.69, 9.17) is 11.6 Å². The second kappa shape index (κ2) is 5.37. The number of benzene rings is 1. The van der Waals surface area contributed by atoms with E-state index in [2.05, 4.69) is 5.32 Å². The molecule has 1 aromatic heterocycles. The van der Waals surface area contributed by atoms with Crippen molar-refractivity contribution in [2.75, 3.05) is 5.32 Å². The lowest BCUT2D eigenvalue weighted by atomic mass is 10.1. The molecule has 0 fully saturated rings. The highest BCUT2D eigenvalue weighted by atomic mass is 35.5. The Morgan fingerprint density at radius 1 is 1.44 bits per heavy atom. The van der Waals surface area contributed by atoms with Crippen LogP contribution in [0, 0.1) is 10.1 Å². The zero-order valence-electron chi connectivity index (χ0n) is 9.59. The Morgan fingerprint density at radius 3 is 2.78 bits per heavy atom. The highest BCUT2D eigenvalue weighted by molar-refractivity contribution is 7.14. The molecule has 18 heavy (non-hydrogen) atoms. The SMILES string of the molecule is CC(Nc1ccccc1[N+](=O)[O-])c1csc(Cl)c1. The fourth-order valence-electron chi connectivity index (χ4n) is 1.62. The maximum Gasteiger partial charge on any atom is 0.292 e. The van der Waals surface area contributed by atoms with Gasteiger partial charge in [-0.15, -0.1) is 11.3 Å². The van der Waals surface area contributed by atoms with Gasteiger partial charge in [0.05, 0.1) is 9.26 Å². The number of hydrogen-bond acceptors (Lipinski definition) is 4. The van der Waals surface area contributed by atoms with Crippen LogP contribution >= 0.6 is 22.9 Å². The molecule has 2 aromatic rings. The Kier molecular flexibility index (Phi) is 3.84. The second-order valence-corrected chi connectivity index (χ2v) is 5.37. The minimum atomic E-state index is -0.393. The molecular formula is C12H11ClN2O2S. The quantitative estimate of drug-likeness (QED) is 0.664. The van der Waals surface area contributed by atoms with Crippen molar-refractivity contribution in [2.45, 2.75) is 13.0 Å². The number of halogens is 1. The molecule has 1 heterocycles. The van der Waals surface area contributed by atoms with Gasteiger partial charge < -0.3 is 5.32 Å². The highest BCUT2D eigenvalue weighted by Crippen LogP contribution is 2.30. The third-order valence-corrected chi connectivity index (χ3v) is 3.67. The van der Waals surface area contributed by atoms with Gasteiger partial charge in [-0.3, -0.25) is 10.1 Å². The van der Waals surface area contributed by atoms with E-state index in [1.807, 2.05) is 18.4 Å². The number of nitro groups is 1. The zero-order valence-corrected chi connectivity index (χ0v) is 11.2. The van der Waals surface area contributed by atoms with Gasteiger partial charge in [0.25, 0.3) is 5.69 Å². The first-order valence-corrected chi connectivity index (χ1v) is 6.57. The van der Waals surface area contributed by atoms with Gasteiger partial charge in [0.15, 0.2) is 0 Å². The van der Waals surface area contributed by atoms with Gasteiger partial charge in [-0.2, -0.15) is 0 Å². The van der Waals surface area contributed by atoms with Crippen molar-refractivity contribution < 1.29 is 4.92 Å². The Labute approximate surface area is 113 Å². The molecule has 1 aromatic carbocycles. The Morgan fingerprint density at radius 2 is 2.17 bits per heavy atom. The van der Waals surface area contributed by atoms with Crippen LogP contribution in [-0.2, 0) is 0 Å². The zero-order chi connectivity index (χ0) is 13.1. The standard InChI is InChI=1S/C12H11ClN2O2S/c1-8(9-6-12(13)18-7-9)14-10-4-2-3-5-11(10)15(16)17/h2-8,14H,1H3. The van der Waals surface area contributed by atoms with Crippen LogP contribution in [0.5, 0.6) is 0 Å². The summed E-state index contributed by atoms with van der Waals surface area (Å²) in [7, 11) is 0. The van der Waals surface area contributed by atoms with Crippen molar-refractivity contribution in [1.82, 2.24) is 0 Å². The van der Waals surface area contributed by atoms with Gasteiger partial charge in [-0.25, -0.2) is 0 Å². The second-order valence-electron chi connectivity index (χ2n) is 3.82. The number of nitro benzene ring substituents is 1. The van der Waals surface area contributed by atoms with Crippen LogP contribution in [0.3, 0.4) is 0 Å². The van der Waals surface area contributed by atoms with Crippen LogP contribution in [0.1, 0.15) is 18.5 Å². The third kappa shape index (κ3) is 2.80. The number of anilines is 1. The molecule has 1 N–H and O–H groups in total. The Bertz CT molecular complexity index is 571. The average Bonchev–Trinajstić information content (AvgIpc) is 2.76. The summed E-state index contributed by atoms with van der Waals surface area (Å²) in [5, 5.41) is 16.0. The summed E-state index contributed by atoms with van der Waals surface area (Å²) in [4.78, 5) is 10.5. The van der Waals surface area contributed by atoms with E-state index in [1.54, 1.807) is 18.2 Å². The first-order valence-electron chi connectivity index (χ1n) is 5.32. The molecule has 4 nitrogen and oxygen atoms in total. The molecule has 1 atom stereocenters. The number of nitrogens with zero attached hydrogens (tertiary/aromatic N) is 1. The fraction of sp³-hybridized carbons (Fsp3) is 0.167. The lowest BCUT2D eigenvalue weighted by molar-refractivity contribution is -0.384. The maximum absolute atomic E-state index is 10.9. The van der Waals surface area contributed by atoms with Crippen LogP contribution < -0.4 is 5.32 Å². The molecule has 0 amide bonds. The van der Waals surface area contributed by atoms with Crippen molar-refractivity contribution in [3.63, 3.8) is 0 Å². The topological polar surface area (TPSA) is 55.2 Å². The number of hydrogen-bond donors (Lipinski definition) is 1. The van der Waals surface area contributed by atoms with Gasteiger partial charge in [-0.05, 0) is 30.0 Å². The first-order chi connectivity index (χ1) is 8.58. The third-order valence-electron chi connectivity index (χ3n) is 2.56. The van der Waals surface area contributed by atoms with E-state index < -0.39 is 4.92 Å². The smallest absolute Gasteiger partial charge is 0.292 e. The molecule has 94 valence electrons. The molecule has 0 bridgehead atoms. The van der Waals surface area contributed by atoms with Crippen LogP contribution in [0.15, 0.2) is 35.7 Å². The van der Waals surface area contributed by atoms with Crippen molar-refractivity contribution >= 4 is 34.3 Å². The molecule has 0 aliphatic carbocycles. The minimum Gasteiger partial charge on any atom is -0.373 e. The van der Waals surface area contributed by atoms with E-state index in [0.717, 1.165) is 5.56 Å². The van der Waals surface area contributed by atoms with Crippen molar-refractivity contribution in [2.24, 2.45) is 0 Å². The summed E-state index contributed by atoms with van der Waals surface area (Å²) in [6.45, 7) is 1.94. The van der Waals surface area contributed by atoms with Crippen molar-refractivity contribution in [1.29, 1.82) is 0 Å². The molecular weight excluding hydrogens is 272 g/mol. The summed E-state index contributed by atoms with van der Waals surface area (Å²) in [6, 6.07) is 8.42. The predicted molar refractivity (Wildman–Crippen MR) is 74.5 cm³/mol. The molecule has 2 rings (SSSR count). The van der Waals surface area contributed by atoms with Gasteiger partial charge >= 0.3 is 0 Å². The molecule has 0 aliphatic rings. The Balaban J connectivity index is 2.21. The van der Waals surface area contributed by atoms with Gasteiger partial charge in [0.2, 0.25) is 0 Å². The maximum atomic E-state index is 10.9. The first kappa shape index (κ1) is 12.9. The molecule has 0 aliphatic heterocycles. The number of nitrogens with one attached hydrogen (secondary N) is 1. The molecule has 0 saturated carbocycles. The summed E-state index contributed by atoms with van der Waals surface area (Å²) in [5.74, 6) is 0. The molecule has 1 unspecified atom stereocenters. The summed E-state index contributed by atoms with van der Waals surface area (Å²) >= 11 is 7.32. The van der Waals surface area contributed by atoms with Crippen LogP contribution in [0.2, 0.25) is 4.34 Å². The molecule has 6 heteroatoms. The van der Waals surface area contributed by atoms with E-state index in [-0.39, 0.29) is 11.7 Å². The van der Waals surface area contributed by atoms with Crippen LogP contribution in [0.4, 0.5) is 11.4 Å². The molecule has 0 radical (unpaired) electrons. The highest BCUT2D eigenvalue weighted by Gasteiger charge is 2.15. The molecule has 0 saturated heterocycles. The fourth-order valence-corrected chi connectivity index (χ4v) is 2.61. The summed E-state index contributed by atoms with van der Waals surface area (Å²) in [6.07, 6.45) is 0. The normalized spacial score (nSPS) is 12.1. The predicted octanol–water partition coefficient (Wildman–Crippen LogP) is 4.48. The van der Waals surface area contributed by atoms with E-state index in [1.165, 1.54) is 17.4 Å². The van der Waals surface area contributed by atoms with E-state index in [0.29, 0.717) is 10.0 Å². The van der Waals surface area contributed by atoms with Gasteiger partial charge in [0, 0.05) is 12.1 Å². The lowest BCUT2D eigenvalue weighted by Gasteiger charge is -2.13. The van der Waals surface area contributed by atoms with Gasteiger partial charge in [-0.1, -0.05) is 23.7 Å². The largest absolute Gasteiger partial charge is 0.373 e. The lowest BCUT2D eigenvalue weighted by Crippen LogP contribution is -2.07. The molecule has 0 spiro atoms. The van der Waals surface area contributed by atoms with Crippen molar-refractivity contribution in [3.05, 3.63) is 55.7 Å². The summed E-state index contributed by atoms with van der Waals surface area (Å²) in [5.41, 5.74) is 1.60. The van der Waals surface area contributed by atoms with E-state index >= 15 is 0 Å². The average molecular weight is 283 g/mol. The monoisotopic (exact) mass is 282 g/mol. The van der Waals surface area contributed by atoms with Crippen molar-refractivity contribution in [3.8, 4) is 0 Å². The number of thiophene rings is 1. The number of rotatable bonds is 4.